The number of rotatable bonds is 18. The number of benzene rings is 3. The second kappa shape index (κ2) is 22.3. The van der Waals surface area contributed by atoms with E-state index < -0.39 is 60.1 Å². The van der Waals surface area contributed by atoms with Gasteiger partial charge in [0.25, 0.3) is 14.4 Å². The van der Waals surface area contributed by atoms with E-state index in [1.54, 1.807) is 53.7 Å². The van der Waals surface area contributed by atoms with Gasteiger partial charge in [-0.25, -0.2) is 4.67 Å². The van der Waals surface area contributed by atoms with E-state index in [0.29, 0.717) is 42.9 Å². The highest BCUT2D eigenvalue weighted by atomic mass is 35.5. The van der Waals surface area contributed by atoms with Gasteiger partial charge in [-0.15, -0.1) is 11.6 Å². The highest BCUT2D eigenvalue weighted by molar-refractivity contribution is 7.44. The highest BCUT2D eigenvalue weighted by Gasteiger charge is 2.62. The Hall–Kier alpha value is -4.51. The van der Waals surface area contributed by atoms with E-state index in [1.807, 2.05) is 30.3 Å². The van der Waals surface area contributed by atoms with E-state index >= 15 is 0 Å². The van der Waals surface area contributed by atoms with Crippen molar-refractivity contribution in [1.82, 2.24) is 9.99 Å². The first-order chi connectivity index (χ1) is 32.5. The molecule has 370 valence electrons. The van der Waals surface area contributed by atoms with Crippen molar-refractivity contribution in [3.63, 3.8) is 0 Å². The Balaban J connectivity index is 1.33. The molecule has 3 aliphatic rings. The standard InChI is InChI=1S/C52H61Cl3N3O10P/c1-30(2)58(31(3)4)69(64-24-18-21-56)63-23-17-12-11-16-22-57-46(59)34-26-38(54)43-44(45(34)55)52(68-47(43)60)35-25-33(32-19-14-13-15-20-32)39(66-48(61)50(5,6)7)28-40(35)65-41-29-42(37(53)27-36(41)52)67-49(62)51(8,9)10/h13-15,19-20,25-31,38,43H,11-12,16-18,22-24H2,1-10H3,(H,57,59). The Labute approximate surface area is 421 Å². The van der Waals surface area contributed by atoms with E-state index in [4.69, 9.17) is 68.1 Å². The fraction of sp³-hybridized carbons (Fsp3) is 0.481. The third-order valence-corrected chi connectivity index (χ3v) is 14.8. The normalized spacial score (nSPS) is 19.1. The van der Waals surface area contributed by atoms with Crippen molar-refractivity contribution >= 4 is 67.1 Å². The molecule has 2 heterocycles. The van der Waals surface area contributed by atoms with Crippen LogP contribution in [-0.2, 0) is 38.6 Å². The average Bonchev–Trinajstić information content (AvgIpc) is 3.59. The lowest BCUT2D eigenvalue weighted by molar-refractivity contribution is -0.148. The molecular weight excluding hydrogens is 964 g/mol. The monoisotopic (exact) mass is 1020 g/mol. The summed E-state index contributed by atoms with van der Waals surface area (Å²) in [4.78, 5) is 55.1. The molecule has 6 rings (SSSR count). The number of nitrogens with one attached hydrogen (secondary N) is 1. The van der Waals surface area contributed by atoms with Gasteiger partial charge in [0.05, 0.1) is 57.5 Å². The zero-order chi connectivity index (χ0) is 50.6. The van der Waals surface area contributed by atoms with Gasteiger partial charge >= 0.3 is 17.9 Å². The number of alkyl halides is 1. The van der Waals surface area contributed by atoms with Crippen LogP contribution in [0.25, 0.3) is 11.1 Å². The number of unbranched alkanes of at least 4 members (excludes halogenated alkanes) is 3. The van der Waals surface area contributed by atoms with Crippen LogP contribution in [-0.4, -0.2) is 65.7 Å². The molecule has 0 aromatic heterocycles. The Kier molecular flexibility index (Phi) is 17.4. The molecule has 17 heteroatoms. The Morgan fingerprint density at radius 2 is 1.42 bits per heavy atom. The minimum atomic E-state index is -1.90. The molecule has 0 saturated carbocycles. The minimum Gasteiger partial charge on any atom is -0.456 e. The molecule has 3 aromatic rings. The number of carbonyl (C=O) groups is 4. The molecule has 13 nitrogen and oxygen atoms in total. The lowest BCUT2D eigenvalue weighted by Gasteiger charge is -2.39. The summed E-state index contributed by atoms with van der Waals surface area (Å²) in [5.74, 6) is -3.09. The number of allylic oxidation sites excluding steroid dienone is 1. The lowest BCUT2D eigenvalue weighted by Crippen LogP contribution is -2.37. The summed E-state index contributed by atoms with van der Waals surface area (Å²) in [6, 6.07) is 17.9. The fourth-order valence-electron chi connectivity index (χ4n) is 8.16. The maximum atomic E-state index is 14.4. The molecule has 4 unspecified atom stereocenters. The summed E-state index contributed by atoms with van der Waals surface area (Å²) in [7, 11) is -1.33. The Bertz CT molecular complexity index is 2540. The Morgan fingerprint density at radius 3 is 2.03 bits per heavy atom. The Morgan fingerprint density at radius 1 is 0.841 bits per heavy atom. The molecule has 1 fully saturated rings. The SMILES string of the molecule is CC(C)N(C(C)C)P(OCCC#N)OCCCCCCNC(=O)C1=CC(Cl)C2C(=O)OC3(C2=C1Cl)c1cc(Cl)c(OC(=O)C(C)(C)C)cc1Oc1cc(OC(=O)C(C)(C)C)c(-c2ccccc2)cc13. The van der Waals surface area contributed by atoms with Crippen molar-refractivity contribution in [2.45, 2.75) is 124 Å². The van der Waals surface area contributed by atoms with Crippen molar-refractivity contribution in [3.05, 3.63) is 93.0 Å². The second-order valence-electron chi connectivity index (χ2n) is 19.8. The largest absolute Gasteiger partial charge is 0.456 e. The summed E-state index contributed by atoms with van der Waals surface area (Å²) in [5, 5.41) is 10.9. The highest BCUT2D eigenvalue weighted by Crippen LogP contribution is 2.63. The molecule has 1 spiro atoms. The summed E-state index contributed by atoms with van der Waals surface area (Å²) < 4.78 is 39.4. The van der Waals surface area contributed by atoms with Crippen LogP contribution < -0.4 is 19.5 Å². The van der Waals surface area contributed by atoms with Crippen LogP contribution in [0.15, 0.2) is 76.9 Å². The zero-order valence-electron chi connectivity index (χ0n) is 40.8. The third-order valence-electron chi connectivity index (χ3n) is 11.6. The number of esters is 3. The van der Waals surface area contributed by atoms with Gasteiger partial charge in [0, 0.05) is 53.0 Å². The van der Waals surface area contributed by atoms with Gasteiger partial charge in [-0.3, -0.25) is 19.2 Å². The predicted molar refractivity (Wildman–Crippen MR) is 267 cm³/mol. The number of halogens is 3. The maximum absolute atomic E-state index is 14.4. The molecule has 1 saturated heterocycles. The number of carbonyl (C=O) groups excluding carboxylic acids is 4. The van der Waals surface area contributed by atoms with Gasteiger partial charge in [0.2, 0.25) is 0 Å². The first-order valence-corrected chi connectivity index (χ1v) is 25.5. The summed E-state index contributed by atoms with van der Waals surface area (Å²) >= 11 is 21.4. The number of nitriles is 1. The van der Waals surface area contributed by atoms with Crippen LogP contribution >= 0.6 is 43.3 Å². The molecule has 3 aromatic carbocycles. The van der Waals surface area contributed by atoms with E-state index in [1.165, 1.54) is 18.2 Å². The predicted octanol–water partition coefficient (Wildman–Crippen LogP) is 12.4. The first-order valence-electron chi connectivity index (χ1n) is 23.2. The minimum absolute atomic E-state index is 0.00381. The molecule has 1 amide bonds. The zero-order valence-corrected chi connectivity index (χ0v) is 44.0. The van der Waals surface area contributed by atoms with Gasteiger partial charge in [0.15, 0.2) is 11.4 Å². The van der Waals surface area contributed by atoms with Crippen molar-refractivity contribution in [1.29, 1.82) is 5.26 Å². The quantitative estimate of drug-likeness (QED) is 0.0422. The molecule has 69 heavy (non-hydrogen) atoms. The van der Waals surface area contributed by atoms with Crippen LogP contribution in [0.4, 0.5) is 0 Å². The van der Waals surface area contributed by atoms with Crippen molar-refractivity contribution in [2.24, 2.45) is 16.7 Å². The topological polar surface area (TPSA) is 163 Å². The fourth-order valence-corrected chi connectivity index (χ4v) is 10.7. The molecule has 0 radical (unpaired) electrons. The summed E-state index contributed by atoms with van der Waals surface area (Å²) in [6.45, 7) is 19.8. The number of nitrogens with zero attached hydrogens (tertiary/aromatic N) is 2. The van der Waals surface area contributed by atoms with Gasteiger partial charge in [-0.05, 0) is 99.8 Å². The smallest absolute Gasteiger partial charge is 0.316 e. The van der Waals surface area contributed by atoms with Gasteiger partial charge in [0.1, 0.15) is 23.2 Å². The summed E-state index contributed by atoms with van der Waals surface area (Å²) in [6.07, 6.45) is 4.82. The molecule has 4 atom stereocenters. The lowest BCUT2D eigenvalue weighted by atomic mass is 9.71. The average molecular weight is 1030 g/mol. The number of ether oxygens (including phenoxy) is 4. The van der Waals surface area contributed by atoms with Gasteiger partial charge in [-0.2, -0.15) is 5.26 Å². The number of hydrogen-bond donors (Lipinski definition) is 1. The van der Waals surface area contributed by atoms with Crippen LogP contribution in [0.3, 0.4) is 0 Å². The molecule has 2 aliphatic heterocycles. The van der Waals surface area contributed by atoms with Gasteiger partial charge in [-0.1, -0.05) is 72.5 Å². The van der Waals surface area contributed by atoms with E-state index in [0.717, 1.165) is 19.3 Å². The third kappa shape index (κ3) is 11.8. The second-order valence-corrected chi connectivity index (χ2v) is 22.5. The van der Waals surface area contributed by atoms with E-state index in [2.05, 4.69) is 43.8 Å². The van der Waals surface area contributed by atoms with E-state index in [9.17, 15) is 19.2 Å². The molecular formula is C52H61Cl3N3O10P. The van der Waals surface area contributed by atoms with Crippen LogP contribution in [0.1, 0.15) is 112 Å². The molecule has 0 bridgehead atoms. The van der Waals surface area contributed by atoms with E-state index in [-0.39, 0.29) is 68.3 Å². The first kappa shape index (κ1) is 53.8. The number of hydrogen-bond acceptors (Lipinski definition) is 12. The van der Waals surface area contributed by atoms with Crippen LogP contribution in [0, 0.1) is 28.1 Å². The maximum Gasteiger partial charge on any atom is 0.316 e. The number of fused-ring (bicyclic) bond motifs is 6. The van der Waals surface area contributed by atoms with Gasteiger partial charge < -0.3 is 33.3 Å². The van der Waals surface area contributed by atoms with Crippen molar-refractivity contribution in [3.8, 4) is 40.2 Å². The summed E-state index contributed by atoms with van der Waals surface area (Å²) in [5.41, 5.74) is -1.77. The molecule has 1 N–H and O–H groups in total. The van der Waals surface area contributed by atoms with Crippen LogP contribution in [0.2, 0.25) is 5.02 Å². The van der Waals surface area contributed by atoms with Crippen LogP contribution in [0.5, 0.6) is 23.0 Å². The number of amides is 1. The van der Waals surface area contributed by atoms with Crippen molar-refractivity contribution in [2.75, 3.05) is 19.8 Å². The molecule has 1 aliphatic carbocycles. The van der Waals surface area contributed by atoms with Crippen molar-refractivity contribution < 1.29 is 47.2 Å².